The fraction of sp³-hybridized carbons (Fsp3) is 0.455. The number of morpholine rings is 1. The van der Waals surface area contributed by atoms with Crippen LogP contribution in [0.1, 0.15) is 24.0 Å². The summed E-state index contributed by atoms with van der Waals surface area (Å²) in [6.07, 6.45) is 2.25. The summed E-state index contributed by atoms with van der Waals surface area (Å²) in [5.41, 5.74) is 2.06. The highest BCUT2D eigenvalue weighted by atomic mass is 32.2. The smallest absolute Gasteiger partial charge is 0.243 e. The van der Waals surface area contributed by atoms with Crippen LogP contribution in [0.15, 0.2) is 59.5 Å². The van der Waals surface area contributed by atoms with Crippen molar-refractivity contribution in [3.8, 4) is 0 Å². The van der Waals surface area contributed by atoms with Crippen LogP contribution in [0.25, 0.3) is 0 Å². The summed E-state index contributed by atoms with van der Waals surface area (Å²) in [7, 11) is -3.53. The minimum Gasteiger partial charge on any atom is -0.379 e. The number of hydrogen-bond acceptors (Lipinski definition) is 4. The molecular weight excluding hydrogens is 372 g/mol. The average Bonchev–Trinajstić information content (AvgIpc) is 3.53. The summed E-state index contributed by atoms with van der Waals surface area (Å²) in [4.78, 5) is 2.70. The maximum Gasteiger partial charge on any atom is 0.243 e. The Labute approximate surface area is 168 Å². The zero-order valence-electron chi connectivity index (χ0n) is 16.2. The van der Waals surface area contributed by atoms with Crippen LogP contribution in [0.3, 0.4) is 0 Å². The van der Waals surface area contributed by atoms with E-state index in [1.54, 1.807) is 10.4 Å². The molecule has 0 atom stereocenters. The maximum absolute atomic E-state index is 13.4. The molecule has 4 rings (SSSR count). The number of benzene rings is 2. The van der Waals surface area contributed by atoms with E-state index in [1.165, 1.54) is 0 Å². The Morgan fingerprint density at radius 2 is 1.68 bits per heavy atom. The average molecular weight is 401 g/mol. The van der Waals surface area contributed by atoms with Crippen LogP contribution in [0.4, 0.5) is 0 Å². The molecule has 1 saturated heterocycles. The predicted molar refractivity (Wildman–Crippen MR) is 109 cm³/mol. The lowest BCUT2D eigenvalue weighted by atomic mass is 10.2. The first kappa shape index (κ1) is 19.6. The van der Waals surface area contributed by atoms with Crippen molar-refractivity contribution < 1.29 is 13.2 Å². The lowest BCUT2D eigenvalue weighted by molar-refractivity contribution is 0.0341. The minimum absolute atomic E-state index is 0.398. The fourth-order valence-electron chi connectivity index (χ4n) is 3.59. The molecule has 2 aliphatic rings. The Bertz CT molecular complexity index is 876. The van der Waals surface area contributed by atoms with Gasteiger partial charge in [0.15, 0.2) is 0 Å². The van der Waals surface area contributed by atoms with Crippen LogP contribution < -0.4 is 0 Å². The van der Waals surface area contributed by atoms with Crippen molar-refractivity contribution in [3.63, 3.8) is 0 Å². The van der Waals surface area contributed by atoms with Crippen LogP contribution in [0.2, 0.25) is 0 Å². The molecule has 0 N–H and O–H groups in total. The summed E-state index contributed by atoms with van der Waals surface area (Å²) >= 11 is 0. The standard InChI is InChI=1S/C22H28N2O3S/c25-28(26,24(18-20-9-10-20)17-19-5-2-1-3-6-19)22-8-4-7-21(15-22)16-23-11-13-27-14-12-23/h1-8,15,20H,9-14,16-18H2. The summed E-state index contributed by atoms with van der Waals surface area (Å²) in [5, 5.41) is 0. The molecule has 1 heterocycles. The SMILES string of the molecule is O=S(=O)(c1cccc(CN2CCOCC2)c1)N(Cc1ccccc1)CC1CC1. The normalized spacial score (nSPS) is 18.5. The molecule has 1 aliphatic heterocycles. The van der Waals surface area contributed by atoms with Crippen molar-refractivity contribution in [1.82, 2.24) is 9.21 Å². The zero-order chi connectivity index (χ0) is 19.4. The molecule has 1 saturated carbocycles. The topological polar surface area (TPSA) is 49.9 Å². The van der Waals surface area contributed by atoms with Gasteiger partial charge in [0.2, 0.25) is 10.0 Å². The lowest BCUT2D eigenvalue weighted by Gasteiger charge is -2.27. The molecule has 28 heavy (non-hydrogen) atoms. The first-order chi connectivity index (χ1) is 13.6. The Kier molecular flexibility index (Phi) is 6.11. The number of ether oxygens (including phenoxy) is 1. The summed E-state index contributed by atoms with van der Waals surface area (Å²) in [6, 6.07) is 17.3. The van der Waals surface area contributed by atoms with Gasteiger partial charge in [0, 0.05) is 32.7 Å². The minimum atomic E-state index is -3.53. The molecule has 1 aliphatic carbocycles. The molecule has 0 spiro atoms. The van der Waals surface area contributed by atoms with E-state index in [2.05, 4.69) is 4.90 Å². The van der Waals surface area contributed by atoms with Gasteiger partial charge in [-0.2, -0.15) is 4.31 Å². The second kappa shape index (κ2) is 8.74. The van der Waals surface area contributed by atoms with Gasteiger partial charge < -0.3 is 4.74 Å². The third-order valence-corrected chi connectivity index (χ3v) is 7.21. The highest BCUT2D eigenvalue weighted by molar-refractivity contribution is 7.89. The quantitative estimate of drug-likeness (QED) is 0.683. The predicted octanol–water partition coefficient (Wildman–Crippen LogP) is 3.12. The first-order valence-electron chi connectivity index (χ1n) is 10.0. The van der Waals surface area contributed by atoms with Gasteiger partial charge in [-0.05, 0) is 42.0 Å². The van der Waals surface area contributed by atoms with Gasteiger partial charge in [0.1, 0.15) is 0 Å². The summed E-state index contributed by atoms with van der Waals surface area (Å²) < 4.78 is 33.9. The first-order valence-corrected chi connectivity index (χ1v) is 11.5. The number of hydrogen-bond donors (Lipinski definition) is 0. The summed E-state index contributed by atoms with van der Waals surface area (Å²) in [5.74, 6) is 0.495. The van der Waals surface area contributed by atoms with Crippen molar-refractivity contribution in [2.75, 3.05) is 32.8 Å². The largest absolute Gasteiger partial charge is 0.379 e. The van der Waals surface area contributed by atoms with Gasteiger partial charge in [0.05, 0.1) is 18.1 Å². The fourth-order valence-corrected chi connectivity index (χ4v) is 5.17. The number of rotatable bonds is 8. The molecule has 0 unspecified atom stereocenters. The van der Waals surface area contributed by atoms with E-state index >= 15 is 0 Å². The molecular formula is C22H28N2O3S. The van der Waals surface area contributed by atoms with Crippen molar-refractivity contribution in [2.45, 2.75) is 30.8 Å². The van der Waals surface area contributed by atoms with Crippen LogP contribution in [-0.2, 0) is 27.8 Å². The Morgan fingerprint density at radius 3 is 2.39 bits per heavy atom. The second-order valence-corrected chi connectivity index (χ2v) is 9.70. The highest BCUT2D eigenvalue weighted by Crippen LogP contribution is 2.32. The molecule has 2 aromatic carbocycles. The van der Waals surface area contributed by atoms with Crippen LogP contribution in [-0.4, -0.2) is 50.5 Å². The number of sulfonamides is 1. The molecule has 0 aromatic heterocycles. The Hall–Kier alpha value is -1.73. The molecule has 6 heteroatoms. The second-order valence-electron chi connectivity index (χ2n) is 7.76. The van der Waals surface area contributed by atoms with Gasteiger partial charge >= 0.3 is 0 Å². The highest BCUT2D eigenvalue weighted by Gasteiger charge is 2.32. The van der Waals surface area contributed by atoms with Crippen LogP contribution >= 0.6 is 0 Å². The third-order valence-electron chi connectivity index (χ3n) is 5.41. The molecule has 0 amide bonds. The van der Waals surface area contributed by atoms with E-state index in [4.69, 9.17) is 4.74 Å². The van der Waals surface area contributed by atoms with Gasteiger partial charge in [-0.3, -0.25) is 4.90 Å². The van der Waals surface area contributed by atoms with Crippen molar-refractivity contribution in [2.24, 2.45) is 5.92 Å². The van der Waals surface area contributed by atoms with Crippen molar-refractivity contribution >= 4 is 10.0 Å². The van der Waals surface area contributed by atoms with E-state index in [-0.39, 0.29) is 0 Å². The van der Waals surface area contributed by atoms with Crippen LogP contribution in [0, 0.1) is 5.92 Å². The molecule has 2 aromatic rings. The monoisotopic (exact) mass is 400 g/mol. The maximum atomic E-state index is 13.4. The molecule has 2 fully saturated rings. The number of nitrogens with zero attached hydrogens (tertiary/aromatic N) is 2. The van der Waals surface area contributed by atoms with E-state index in [1.807, 2.05) is 48.5 Å². The molecule has 0 bridgehead atoms. The van der Waals surface area contributed by atoms with Gasteiger partial charge in [-0.1, -0.05) is 42.5 Å². The lowest BCUT2D eigenvalue weighted by Crippen LogP contribution is -2.35. The molecule has 150 valence electrons. The Morgan fingerprint density at radius 1 is 0.964 bits per heavy atom. The van der Waals surface area contributed by atoms with E-state index in [9.17, 15) is 8.42 Å². The molecule has 5 nitrogen and oxygen atoms in total. The van der Waals surface area contributed by atoms with Gasteiger partial charge in [-0.25, -0.2) is 8.42 Å². The summed E-state index contributed by atoms with van der Waals surface area (Å²) in [6.45, 7) is 5.04. The zero-order valence-corrected chi connectivity index (χ0v) is 17.0. The van der Waals surface area contributed by atoms with Gasteiger partial charge in [-0.15, -0.1) is 0 Å². The van der Waals surface area contributed by atoms with Crippen molar-refractivity contribution in [1.29, 1.82) is 0 Å². The Balaban J connectivity index is 1.54. The molecule has 0 radical (unpaired) electrons. The van der Waals surface area contributed by atoms with Gasteiger partial charge in [0.25, 0.3) is 0 Å². The van der Waals surface area contributed by atoms with Crippen molar-refractivity contribution in [3.05, 3.63) is 65.7 Å². The third kappa shape index (κ3) is 5.00. The van der Waals surface area contributed by atoms with E-state index in [0.29, 0.717) is 23.9 Å². The van der Waals surface area contributed by atoms with E-state index < -0.39 is 10.0 Å². The van der Waals surface area contributed by atoms with Crippen LogP contribution in [0.5, 0.6) is 0 Å². The van der Waals surface area contributed by atoms with E-state index in [0.717, 1.165) is 56.8 Å².